The SMILES string of the molecule is Cc1cccc(C)c1N[C@H](C)C(=O)N/N=C\c1ccc(N(C)C)cc1. The second-order valence-electron chi connectivity index (χ2n) is 6.35. The number of carbonyl (C=O) groups is 1. The van der Waals surface area contributed by atoms with Gasteiger partial charge in [-0.1, -0.05) is 30.3 Å². The number of hydrogen-bond acceptors (Lipinski definition) is 4. The van der Waals surface area contributed by atoms with E-state index in [0.29, 0.717) is 0 Å². The number of amides is 1. The molecule has 2 rings (SSSR count). The van der Waals surface area contributed by atoms with E-state index in [1.165, 1.54) is 0 Å². The molecule has 1 atom stereocenters. The van der Waals surface area contributed by atoms with Crippen LogP contribution in [-0.2, 0) is 4.79 Å². The monoisotopic (exact) mass is 338 g/mol. The zero-order valence-electron chi connectivity index (χ0n) is 15.5. The Morgan fingerprint density at radius 3 is 2.24 bits per heavy atom. The fourth-order valence-electron chi connectivity index (χ4n) is 2.45. The smallest absolute Gasteiger partial charge is 0.262 e. The topological polar surface area (TPSA) is 56.7 Å². The summed E-state index contributed by atoms with van der Waals surface area (Å²) in [6.07, 6.45) is 1.64. The Morgan fingerprint density at radius 2 is 1.68 bits per heavy atom. The van der Waals surface area contributed by atoms with E-state index >= 15 is 0 Å². The highest BCUT2D eigenvalue weighted by atomic mass is 16.2. The first kappa shape index (κ1) is 18.5. The van der Waals surface area contributed by atoms with Gasteiger partial charge >= 0.3 is 0 Å². The molecule has 0 aliphatic heterocycles. The number of hydrazone groups is 1. The molecule has 0 fully saturated rings. The van der Waals surface area contributed by atoms with Gasteiger partial charge in [-0.25, -0.2) is 5.43 Å². The molecule has 132 valence electrons. The van der Waals surface area contributed by atoms with Crippen molar-refractivity contribution in [2.45, 2.75) is 26.8 Å². The Labute approximate surface area is 149 Å². The van der Waals surface area contributed by atoms with Crippen LogP contribution in [-0.4, -0.2) is 32.3 Å². The maximum absolute atomic E-state index is 12.2. The molecule has 0 saturated carbocycles. The summed E-state index contributed by atoms with van der Waals surface area (Å²) in [6, 6.07) is 13.6. The lowest BCUT2D eigenvalue weighted by molar-refractivity contribution is -0.121. The van der Waals surface area contributed by atoms with E-state index in [1.54, 1.807) is 6.21 Å². The molecule has 1 amide bonds. The number of carbonyl (C=O) groups excluding carboxylic acids is 1. The average Bonchev–Trinajstić information content (AvgIpc) is 2.58. The predicted molar refractivity (Wildman–Crippen MR) is 106 cm³/mol. The lowest BCUT2D eigenvalue weighted by atomic mass is 10.1. The van der Waals surface area contributed by atoms with E-state index < -0.39 is 0 Å². The largest absolute Gasteiger partial charge is 0.378 e. The lowest BCUT2D eigenvalue weighted by Crippen LogP contribution is -2.35. The van der Waals surface area contributed by atoms with Crippen molar-refractivity contribution in [3.05, 3.63) is 59.2 Å². The van der Waals surface area contributed by atoms with Crippen LogP contribution in [0.5, 0.6) is 0 Å². The van der Waals surface area contributed by atoms with Crippen LogP contribution < -0.4 is 15.6 Å². The van der Waals surface area contributed by atoms with Crippen molar-refractivity contribution in [3.8, 4) is 0 Å². The predicted octanol–water partition coefficient (Wildman–Crippen LogP) is 3.32. The van der Waals surface area contributed by atoms with E-state index in [1.807, 2.05) is 82.2 Å². The van der Waals surface area contributed by atoms with Gasteiger partial charge in [-0.2, -0.15) is 5.10 Å². The van der Waals surface area contributed by atoms with E-state index in [-0.39, 0.29) is 11.9 Å². The molecule has 0 unspecified atom stereocenters. The summed E-state index contributed by atoms with van der Waals surface area (Å²) >= 11 is 0. The van der Waals surface area contributed by atoms with Crippen LogP contribution in [0, 0.1) is 13.8 Å². The van der Waals surface area contributed by atoms with Crippen molar-refractivity contribution in [2.75, 3.05) is 24.3 Å². The Bertz CT molecular complexity index is 731. The van der Waals surface area contributed by atoms with Crippen molar-refractivity contribution in [2.24, 2.45) is 5.10 Å². The minimum atomic E-state index is -0.381. The molecule has 0 aliphatic rings. The molecule has 0 spiro atoms. The fourth-order valence-corrected chi connectivity index (χ4v) is 2.45. The minimum Gasteiger partial charge on any atom is -0.378 e. The second-order valence-corrected chi connectivity index (χ2v) is 6.35. The van der Waals surface area contributed by atoms with Crippen molar-refractivity contribution in [1.29, 1.82) is 0 Å². The summed E-state index contributed by atoms with van der Waals surface area (Å²) in [7, 11) is 3.99. The molecule has 5 nitrogen and oxygen atoms in total. The highest BCUT2D eigenvalue weighted by molar-refractivity contribution is 5.87. The highest BCUT2D eigenvalue weighted by Gasteiger charge is 2.13. The van der Waals surface area contributed by atoms with Crippen molar-refractivity contribution in [3.63, 3.8) is 0 Å². The zero-order chi connectivity index (χ0) is 18.4. The van der Waals surface area contributed by atoms with Crippen LogP contribution >= 0.6 is 0 Å². The van der Waals surface area contributed by atoms with E-state index in [4.69, 9.17) is 0 Å². The fraction of sp³-hybridized carbons (Fsp3) is 0.300. The number of hydrogen-bond donors (Lipinski definition) is 2. The third kappa shape index (κ3) is 5.08. The number of anilines is 2. The van der Waals surface area contributed by atoms with Crippen LogP contribution in [0.4, 0.5) is 11.4 Å². The van der Waals surface area contributed by atoms with Gasteiger partial charge < -0.3 is 10.2 Å². The number of aryl methyl sites for hydroxylation is 2. The Hall–Kier alpha value is -2.82. The van der Waals surface area contributed by atoms with Crippen molar-refractivity contribution < 1.29 is 4.79 Å². The maximum atomic E-state index is 12.2. The van der Waals surface area contributed by atoms with E-state index in [0.717, 1.165) is 28.1 Å². The molecule has 0 aromatic heterocycles. The number of benzene rings is 2. The molecule has 0 bridgehead atoms. The molecule has 0 saturated heterocycles. The highest BCUT2D eigenvalue weighted by Crippen LogP contribution is 2.20. The molecule has 2 aromatic carbocycles. The molecule has 2 N–H and O–H groups in total. The number of nitrogens with one attached hydrogen (secondary N) is 2. The summed E-state index contributed by atoms with van der Waals surface area (Å²) in [6.45, 7) is 5.87. The summed E-state index contributed by atoms with van der Waals surface area (Å²) in [5, 5.41) is 7.30. The minimum absolute atomic E-state index is 0.177. The molecular weight excluding hydrogens is 312 g/mol. The van der Waals surface area contributed by atoms with Gasteiger partial charge in [-0.05, 0) is 49.6 Å². The molecule has 25 heavy (non-hydrogen) atoms. The van der Waals surface area contributed by atoms with Gasteiger partial charge in [-0.3, -0.25) is 4.79 Å². The normalized spacial score (nSPS) is 12.0. The summed E-state index contributed by atoms with van der Waals surface area (Å²) < 4.78 is 0. The van der Waals surface area contributed by atoms with Crippen molar-refractivity contribution in [1.82, 2.24) is 5.43 Å². The molecule has 5 heteroatoms. The summed E-state index contributed by atoms with van der Waals surface area (Å²) in [5.41, 5.74) is 7.86. The standard InChI is InChI=1S/C20H26N4O/c1-14-7-6-8-15(2)19(14)22-16(3)20(25)23-21-13-17-9-11-18(12-10-17)24(4)5/h6-13,16,22H,1-5H3,(H,23,25)/b21-13-/t16-/m1/s1. The first-order valence-electron chi connectivity index (χ1n) is 8.31. The van der Waals surface area contributed by atoms with Gasteiger partial charge in [0.2, 0.25) is 0 Å². The van der Waals surface area contributed by atoms with Gasteiger partial charge in [0.1, 0.15) is 6.04 Å². The van der Waals surface area contributed by atoms with E-state index in [9.17, 15) is 4.79 Å². The zero-order valence-corrected chi connectivity index (χ0v) is 15.5. The molecule has 0 heterocycles. The number of para-hydroxylation sites is 1. The van der Waals surface area contributed by atoms with E-state index in [2.05, 4.69) is 15.8 Å². The van der Waals surface area contributed by atoms with Gasteiger partial charge in [0.25, 0.3) is 5.91 Å². The third-order valence-electron chi connectivity index (χ3n) is 4.03. The molecule has 0 aliphatic carbocycles. The molecule has 0 radical (unpaired) electrons. The summed E-state index contributed by atoms with van der Waals surface area (Å²) in [4.78, 5) is 14.2. The number of nitrogens with zero attached hydrogens (tertiary/aromatic N) is 2. The Balaban J connectivity index is 1.92. The van der Waals surface area contributed by atoms with Crippen LogP contribution in [0.2, 0.25) is 0 Å². The van der Waals surface area contributed by atoms with Gasteiger partial charge in [-0.15, -0.1) is 0 Å². The molecule has 2 aromatic rings. The molecular formula is C20H26N4O. The van der Waals surface area contributed by atoms with Crippen LogP contribution in [0.3, 0.4) is 0 Å². The lowest BCUT2D eigenvalue weighted by Gasteiger charge is -2.17. The first-order chi connectivity index (χ1) is 11.9. The summed E-state index contributed by atoms with van der Waals surface area (Å²) in [5.74, 6) is -0.177. The van der Waals surface area contributed by atoms with Crippen LogP contribution in [0.25, 0.3) is 0 Å². The van der Waals surface area contributed by atoms with Crippen LogP contribution in [0.1, 0.15) is 23.6 Å². The maximum Gasteiger partial charge on any atom is 0.262 e. The average molecular weight is 338 g/mol. The van der Waals surface area contributed by atoms with Gasteiger partial charge in [0.15, 0.2) is 0 Å². The Kier molecular flexibility index (Phi) is 6.17. The second kappa shape index (κ2) is 8.33. The van der Waals surface area contributed by atoms with Gasteiger partial charge in [0, 0.05) is 25.5 Å². The third-order valence-corrected chi connectivity index (χ3v) is 4.03. The van der Waals surface area contributed by atoms with Crippen LogP contribution in [0.15, 0.2) is 47.6 Å². The van der Waals surface area contributed by atoms with Crippen molar-refractivity contribution >= 4 is 23.5 Å². The first-order valence-corrected chi connectivity index (χ1v) is 8.31. The quantitative estimate of drug-likeness (QED) is 0.627. The number of rotatable bonds is 6. The Morgan fingerprint density at radius 1 is 1.08 bits per heavy atom. The van der Waals surface area contributed by atoms with Gasteiger partial charge in [0.05, 0.1) is 6.21 Å².